The molecule has 0 radical (unpaired) electrons. The molecule has 1 amide bonds. The van der Waals surface area contributed by atoms with E-state index in [4.69, 9.17) is 0 Å². The fraction of sp³-hybridized carbons (Fsp3) is 0.467. The molecule has 1 aliphatic rings. The van der Waals surface area contributed by atoms with Gasteiger partial charge >= 0.3 is 0 Å². The van der Waals surface area contributed by atoms with E-state index in [9.17, 15) is 4.79 Å². The molecule has 0 aliphatic carbocycles. The number of carbonyl (C=O) groups is 1. The van der Waals surface area contributed by atoms with E-state index in [1.165, 1.54) is 0 Å². The van der Waals surface area contributed by atoms with Crippen LogP contribution in [0.3, 0.4) is 0 Å². The lowest BCUT2D eigenvalue weighted by molar-refractivity contribution is -0.131. The lowest BCUT2D eigenvalue weighted by atomic mass is 10.1. The Morgan fingerprint density at radius 3 is 3.00 bits per heavy atom. The van der Waals surface area contributed by atoms with E-state index in [2.05, 4.69) is 15.1 Å². The predicted molar refractivity (Wildman–Crippen MR) is 77.7 cm³/mol. The quantitative estimate of drug-likeness (QED) is 0.853. The van der Waals surface area contributed by atoms with Crippen LogP contribution in [-0.4, -0.2) is 43.6 Å². The van der Waals surface area contributed by atoms with Crippen molar-refractivity contribution in [1.29, 1.82) is 0 Å². The van der Waals surface area contributed by atoms with E-state index in [0.29, 0.717) is 13.1 Å². The van der Waals surface area contributed by atoms with Gasteiger partial charge < -0.3 is 4.90 Å². The molecule has 1 atom stereocenters. The first-order chi connectivity index (χ1) is 10.1. The lowest BCUT2D eigenvalue weighted by Crippen LogP contribution is -2.32. The molecule has 0 unspecified atom stereocenters. The van der Waals surface area contributed by atoms with E-state index >= 15 is 0 Å². The zero-order chi connectivity index (χ0) is 14.8. The molecule has 0 spiro atoms. The van der Waals surface area contributed by atoms with E-state index in [1.807, 2.05) is 31.0 Å². The molecule has 0 saturated carbocycles. The maximum atomic E-state index is 12.3. The predicted octanol–water partition coefficient (Wildman–Crippen LogP) is 1.31. The van der Waals surface area contributed by atoms with Crippen molar-refractivity contribution in [1.82, 2.24) is 24.6 Å². The first kappa shape index (κ1) is 13.7. The van der Waals surface area contributed by atoms with Crippen LogP contribution in [0.2, 0.25) is 0 Å². The Balaban J connectivity index is 1.62. The van der Waals surface area contributed by atoms with Crippen LogP contribution in [-0.2, 0) is 11.3 Å². The van der Waals surface area contributed by atoms with E-state index in [1.54, 1.807) is 17.1 Å². The molecular formula is C15H19N5O. The van der Waals surface area contributed by atoms with Gasteiger partial charge in [0.1, 0.15) is 12.4 Å². The third-order valence-corrected chi connectivity index (χ3v) is 3.78. The van der Waals surface area contributed by atoms with Gasteiger partial charge in [-0.25, -0.2) is 9.97 Å². The van der Waals surface area contributed by atoms with Gasteiger partial charge in [-0.15, -0.1) is 0 Å². The molecule has 0 aromatic carbocycles. The van der Waals surface area contributed by atoms with Crippen molar-refractivity contribution < 1.29 is 4.79 Å². The van der Waals surface area contributed by atoms with E-state index in [0.717, 1.165) is 30.0 Å². The zero-order valence-corrected chi connectivity index (χ0v) is 12.4. The summed E-state index contributed by atoms with van der Waals surface area (Å²) in [5.41, 5.74) is 2.03. The highest BCUT2D eigenvalue weighted by molar-refractivity contribution is 5.76. The second kappa shape index (κ2) is 5.63. The smallest absolute Gasteiger partial charge is 0.244 e. The summed E-state index contributed by atoms with van der Waals surface area (Å²) in [6.07, 6.45) is 6.36. The molecule has 3 heterocycles. The summed E-state index contributed by atoms with van der Waals surface area (Å²) < 4.78 is 1.69. The van der Waals surface area contributed by atoms with Crippen LogP contribution in [0.25, 0.3) is 0 Å². The Morgan fingerprint density at radius 2 is 2.29 bits per heavy atom. The van der Waals surface area contributed by atoms with Gasteiger partial charge in [0.15, 0.2) is 0 Å². The fourth-order valence-electron chi connectivity index (χ4n) is 2.65. The number of rotatable bonds is 3. The number of amides is 1. The highest BCUT2D eigenvalue weighted by Gasteiger charge is 2.29. The van der Waals surface area contributed by atoms with E-state index in [-0.39, 0.29) is 11.8 Å². The molecule has 1 saturated heterocycles. The summed E-state index contributed by atoms with van der Waals surface area (Å²) in [6.45, 7) is 5.69. The second-order valence-corrected chi connectivity index (χ2v) is 5.60. The largest absolute Gasteiger partial charge is 0.340 e. The summed E-state index contributed by atoms with van der Waals surface area (Å²) in [6, 6.07) is 1.89. The summed E-state index contributed by atoms with van der Waals surface area (Å²) >= 11 is 0. The number of nitrogens with zero attached hydrogens (tertiary/aromatic N) is 5. The van der Waals surface area contributed by atoms with Crippen molar-refractivity contribution >= 4 is 5.91 Å². The number of likely N-dealkylation sites (tertiary alicyclic amines) is 1. The molecule has 2 aromatic heterocycles. The summed E-state index contributed by atoms with van der Waals surface area (Å²) in [4.78, 5) is 23.0. The average Bonchev–Trinajstić information content (AvgIpc) is 3.08. The van der Waals surface area contributed by atoms with Crippen LogP contribution in [0.4, 0.5) is 0 Å². The summed E-state index contributed by atoms with van der Waals surface area (Å²) in [5.74, 6) is 1.20. The van der Waals surface area contributed by atoms with Crippen molar-refractivity contribution in [3.05, 3.63) is 41.7 Å². The summed E-state index contributed by atoms with van der Waals surface area (Å²) in [5, 5.41) is 4.16. The van der Waals surface area contributed by atoms with Gasteiger partial charge in [-0.3, -0.25) is 9.48 Å². The Morgan fingerprint density at radius 1 is 1.43 bits per heavy atom. The number of hydrogen-bond donors (Lipinski definition) is 0. The summed E-state index contributed by atoms with van der Waals surface area (Å²) in [7, 11) is 0. The molecule has 110 valence electrons. The van der Waals surface area contributed by atoms with Crippen LogP contribution in [0.5, 0.6) is 0 Å². The topological polar surface area (TPSA) is 63.9 Å². The van der Waals surface area contributed by atoms with E-state index < -0.39 is 0 Å². The van der Waals surface area contributed by atoms with Gasteiger partial charge in [0.05, 0.1) is 6.20 Å². The minimum Gasteiger partial charge on any atom is -0.340 e. The number of hydrogen-bond acceptors (Lipinski definition) is 4. The standard InChI is InChI=1S/C15H19N5O/c1-11-7-17-20(8-11)10-14(21)19-6-4-13(9-19)15-16-5-3-12(2)18-15/h3,5,7-8,13H,4,6,9-10H2,1-2H3/t13-/m1/s1. The average molecular weight is 285 g/mol. The van der Waals surface area contributed by atoms with Crippen LogP contribution in [0.15, 0.2) is 24.7 Å². The molecule has 1 aliphatic heterocycles. The fourth-order valence-corrected chi connectivity index (χ4v) is 2.65. The Kier molecular flexibility index (Phi) is 3.68. The van der Waals surface area contributed by atoms with Gasteiger partial charge in [0, 0.05) is 37.1 Å². The van der Waals surface area contributed by atoms with Gasteiger partial charge in [0.2, 0.25) is 5.91 Å². The van der Waals surface area contributed by atoms with Gasteiger partial charge in [-0.2, -0.15) is 5.10 Å². The number of aromatic nitrogens is 4. The highest BCUT2D eigenvalue weighted by Crippen LogP contribution is 2.24. The number of carbonyl (C=O) groups excluding carboxylic acids is 1. The first-order valence-electron chi connectivity index (χ1n) is 7.18. The van der Waals surface area contributed by atoms with Crippen molar-refractivity contribution in [3.8, 4) is 0 Å². The van der Waals surface area contributed by atoms with Gasteiger partial charge in [-0.05, 0) is 31.9 Å². The normalized spacial score (nSPS) is 18.2. The maximum Gasteiger partial charge on any atom is 0.244 e. The van der Waals surface area contributed by atoms with Crippen molar-refractivity contribution in [2.24, 2.45) is 0 Å². The maximum absolute atomic E-state index is 12.3. The number of aryl methyl sites for hydroxylation is 2. The molecule has 6 heteroatoms. The minimum atomic E-state index is 0.105. The van der Waals surface area contributed by atoms with Crippen LogP contribution in [0.1, 0.15) is 29.4 Å². The zero-order valence-electron chi connectivity index (χ0n) is 12.4. The SMILES string of the molecule is Cc1cnn(CC(=O)N2CC[C@@H](c3nccc(C)n3)C2)c1. The van der Waals surface area contributed by atoms with Crippen LogP contribution < -0.4 is 0 Å². The van der Waals surface area contributed by atoms with Crippen molar-refractivity contribution in [2.45, 2.75) is 32.7 Å². The third kappa shape index (κ3) is 3.09. The Hall–Kier alpha value is -2.24. The van der Waals surface area contributed by atoms with Crippen molar-refractivity contribution in [3.63, 3.8) is 0 Å². The monoisotopic (exact) mass is 285 g/mol. The first-order valence-corrected chi connectivity index (χ1v) is 7.18. The molecule has 1 fully saturated rings. The molecule has 6 nitrogen and oxygen atoms in total. The Labute approximate surface area is 123 Å². The minimum absolute atomic E-state index is 0.105. The molecule has 2 aromatic rings. The van der Waals surface area contributed by atoms with Gasteiger partial charge in [0.25, 0.3) is 0 Å². The second-order valence-electron chi connectivity index (χ2n) is 5.60. The van der Waals surface area contributed by atoms with Crippen molar-refractivity contribution in [2.75, 3.05) is 13.1 Å². The Bertz CT molecular complexity index is 651. The van der Waals surface area contributed by atoms with Crippen LogP contribution in [0, 0.1) is 13.8 Å². The molecule has 21 heavy (non-hydrogen) atoms. The third-order valence-electron chi connectivity index (χ3n) is 3.78. The highest BCUT2D eigenvalue weighted by atomic mass is 16.2. The molecule has 3 rings (SSSR count). The van der Waals surface area contributed by atoms with Crippen LogP contribution >= 0.6 is 0 Å². The molecular weight excluding hydrogens is 266 g/mol. The lowest BCUT2D eigenvalue weighted by Gasteiger charge is -2.16. The van der Waals surface area contributed by atoms with Gasteiger partial charge in [-0.1, -0.05) is 0 Å². The molecule has 0 N–H and O–H groups in total. The molecule has 0 bridgehead atoms.